The number of ether oxygens (including phenoxy) is 1. The zero-order valence-corrected chi connectivity index (χ0v) is 16.0. The molecule has 128 valence electrons. The van der Waals surface area contributed by atoms with Gasteiger partial charge in [-0.05, 0) is 18.1 Å². The first kappa shape index (κ1) is 19.5. The largest absolute Gasteiger partial charge is 0.507 e. The highest BCUT2D eigenvalue weighted by Crippen LogP contribution is 2.36. The number of carbonyl (C=O) groups is 1. The maximum Gasteiger partial charge on any atom is 0.337 e. The molecule has 0 heterocycles. The van der Waals surface area contributed by atoms with Gasteiger partial charge in [0.05, 0.1) is 12.7 Å². The van der Waals surface area contributed by atoms with Crippen LogP contribution in [0.3, 0.4) is 0 Å². The van der Waals surface area contributed by atoms with Crippen LogP contribution in [-0.2, 0) is 14.0 Å². The molecule has 1 aromatic rings. The van der Waals surface area contributed by atoms with Gasteiger partial charge in [0.2, 0.25) is 0 Å². The molecule has 23 heavy (non-hydrogen) atoms. The number of benzene rings is 1. The number of rotatable bonds is 6. The van der Waals surface area contributed by atoms with Crippen LogP contribution in [0, 0.1) is 0 Å². The minimum atomic E-state index is -1.89. The molecule has 1 N–H and O–H groups in total. The summed E-state index contributed by atoms with van der Waals surface area (Å²) in [5, 5.41) is 10.5. The van der Waals surface area contributed by atoms with Crippen LogP contribution < -0.4 is 0 Å². The molecule has 0 bridgehead atoms. The number of hydrogen-bond donors (Lipinski definition) is 1. The predicted octanol–water partition coefficient (Wildman–Crippen LogP) is 4.54. The fourth-order valence-corrected chi connectivity index (χ4v) is 2.88. The maximum absolute atomic E-state index is 12.0. The van der Waals surface area contributed by atoms with Gasteiger partial charge in [-0.25, -0.2) is 4.79 Å². The molecule has 0 aliphatic carbocycles. The van der Waals surface area contributed by atoms with E-state index in [-0.39, 0.29) is 16.4 Å². The highest BCUT2D eigenvalue weighted by molar-refractivity contribution is 6.74. The third kappa shape index (κ3) is 5.22. The second-order valence-corrected chi connectivity index (χ2v) is 11.9. The second-order valence-electron chi connectivity index (χ2n) is 7.04. The monoisotopic (exact) mass is 336 g/mol. The zero-order chi connectivity index (χ0) is 17.7. The summed E-state index contributed by atoms with van der Waals surface area (Å²) in [7, 11) is -0.572. The summed E-state index contributed by atoms with van der Waals surface area (Å²) in [6.45, 7) is 11.2. The van der Waals surface area contributed by atoms with Crippen LogP contribution in [-0.4, -0.2) is 33.1 Å². The van der Waals surface area contributed by atoms with E-state index in [2.05, 4.69) is 33.9 Å². The van der Waals surface area contributed by atoms with Crippen molar-refractivity contribution in [2.24, 2.45) is 0 Å². The summed E-state index contributed by atoms with van der Waals surface area (Å²) >= 11 is 0. The van der Waals surface area contributed by atoms with Crippen molar-refractivity contribution in [3.63, 3.8) is 0 Å². The van der Waals surface area contributed by atoms with E-state index in [1.54, 1.807) is 12.1 Å². The number of hydrogen-bond acceptors (Lipinski definition) is 4. The van der Waals surface area contributed by atoms with Gasteiger partial charge in [0.15, 0.2) is 8.32 Å². The molecule has 0 spiro atoms. The third-order valence-corrected chi connectivity index (χ3v) is 8.92. The molecule has 0 amide bonds. The van der Waals surface area contributed by atoms with Gasteiger partial charge in [0.1, 0.15) is 5.76 Å². The first-order valence-electron chi connectivity index (χ1n) is 7.80. The summed E-state index contributed by atoms with van der Waals surface area (Å²) in [5.74, 6) is -0.568. The molecule has 0 aliphatic rings. The molecule has 1 aromatic carbocycles. The average Bonchev–Trinajstić information content (AvgIpc) is 2.50. The van der Waals surface area contributed by atoms with Crippen molar-refractivity contribution in [1.82, 2.24) is 0 Å². The third-order valence-electron chi connectivity index (χ3n) is 4.39. The van der Waals surface area contributed by atoms with Gasteiger partial charge in [-0.3, -0.25) is 0 Å². The van der Waals surface area contributed by atoms with Gasteiger partial charge >= 0.3 is 5.97 Å². The molecule has 0 aromatic heterocycles. The Balaban J connectivity index is 2.92. The molecule has 0 saturated carbocycles. The van der Waals surface area contributed by atoms with Crippen molar-refractivity contribution in [1.29, 1.82) is 0 Å². The zero-order valence-electron chi connectivity index (χ0n) is 15.0. The lowest BCUT2D eigenvalue weighted by atomic mass is 10.1. The summed E-state index contributed by atoms with van der Waals surface area (Å²) in [6, 6.07) is 8.99. The van der Waals surface area contributed by atoms with Crippen molar-refractivity contribution in [3.8, 4) is 0 Å². The molecule has 1 rings (SSSR count). The molecule has 0 aliphatic heterocycles. The fraction of sp³-hybridized carbons (Fsp3) is 0.500. The van der Waals surface area contributed by atoms with E-state index in [9.17, 15) is 9.90 Å². The molecule has 4 nitrogen and oxygen atoms in total. The highest BCUT2D eigenvalue weighted by Gasteiger charge is 2.37. The number of esters is 1. The molecule has 5 heteroatoms. The van der Waals surface area contributed by atoms with E-state index in [0.29, 0.717) is 18.6 Å². The van der Waals surface area contributed by atoms with E-state index in [1.165, 1.54) is 7.11 Å². The average molecular weight is 337 g/mol. The number of aliphatic hydroxyl groups is 1. The molecular formula is C18H28O4Si. The Morgan fingerprint density at radius 1 is 1.17 bits per heavy atom. The van der Waals surface area contributed by atoms with E-state index in [1.807, 2.05) is 18.2 Å². The van der Waals surface area contributed by atoms with Crippen LogP contribution >= 0.6 is 0 Å². The Kier molecular flexibility index (Phi) is 6.59. The Morgan fingerprint density at radius 2 is 1.74 bits per heavy atom. The van der Waals surface area contributed by atoms with Crippen molar-refractivity contribution < 1.29 is 19.1 Å². The molecular weight excluding hydrogens is 308 g/mol. The van der Waals surface area contributed by atoms with E-state index in [4.69, 9.17) is 9.16 Å². The summed E-state index contributed by atoms with van der Waals surface area (Å²) < 4.78 is 10.9. The predicted molar refractivity (Wildman–Crippen MR) is 95.8 cm³/mol. The van der Waals surface area contributed by atoms with Crippen LogP contribution in [0.4, 0.5) is 0 Å². The van der Waals surface area contributed by atoms with Crippen LogP contribution in [0.15, 0.2) is 35.9 Å². The van der Waals surface area contributed by atoms with Gasteiger partial charge in [0.25, 0.3) is 0 Å². The minimum absolute atomic E-state index is 0.0451. The van der Waals surface area contributed by atoms with Crippen molar-refractivity contribution in [2.75, 3.05) is 13.7 Å². The smallest absolute Gasteiger partial charge is 0.337 e. The van der Waals surface area contributed by atoms with Crippen molar-refractivity contribution in [3.05, 3.63) is 41.5 Å². The summed E-state index contributed by atoms with van der Waals surface area (Å²) in [5.41, 5.74) is 0.845. The van der Waals surface area contributed by atoms with Gasteiger partial charge in [-0.15, -0.1) is 0 Å². The van der Waals surface area contributed by atoms with Crippen LogP contribution in [0.2, 0.25) is 18.1 Å². The van der Waals surface area contributed by atoms with Crippen molar-refractivity contribution in [2.45, 2.75) is 45.3 Å². The van der Waals surface area contributed by atoms with Crippen LogP contribution in [0.1, 0.15) is 32.8 Å². The second kappa shape index (κ2) is 7.79. The topological polar surface area (TPSA) is 55.8 Å². The van der Waals surface area contributed by atoms with Crippen LogP contribution in [0.5, 0.6) is 0 Å². The molecule has 0 atom stereocenters. The molecule has 0 unspecified atom stereocenters. The van der Waals surface area contributed by atoms with Gasteiger partial charge in [0, 0.05) is 18.6 Å². The van der Waals surface area contributed by atoms with Gasteiger partial charge in [-0.1, -0.05) is 51.1 Å². The maximum atomic E-state index is 12.0. The Labute approximate surface area is 140 Å². The molecule has 0 radical (unpaired) electrons. The fourth-order valence-electron chi connectivity index (χ4n) is 1.84. The summed E-state index contributed by atoms with van der Waals surface area (Å²) in [4.78, 5) is 12.0. The van der Waals surface area contributed by atoms with Crippen LogP contribution in [0.25, 0.3) is 5.76 Å². The Hall–Kier alpha value is -1.59. The Bertz CT molecular complexity index is 556. The summed E-state index contributed by atoms with van der Waals surface area (Å²) in [6.07, 6.45) is 0.319. The lowest BCUT2D eigenvalue weighted by molar-refractivity contribution is -0.136. The standard InChI is InChI=1S/C18H28O4Si/c1-18(2,3)23(5,6)22-13-12-15(17(20)21-4)16(19)14-10-8-7-9-11-14/h7-11,19H,12-13H2,1-6H3/b16-15+. The number of aliphatic hydroxyl groups excluding tert-OH is 1. The highest BCUT2D eigenvalue weighted by atomic mass is 28.4. The first-order valence-corrected chi connectivity index (χ1v) is 10.7. The number of carbonyl (C=O) groups excluding carboxylic acids is 1. The van der Waals surface area contributed by atoms with E-state index in [0.717, 1.165) is 0 Å². The van der Waals surface area contributed by atoms with E-state index < -0.39 is 14.3 Å². The Morgan fingerprint density at radius 3 is 2.22 bits per heavy atom. The lowest BCUT2D eigenvalue weighted by Gasteiger charge is -2.36. The normalized spacial score (nSPS) is 13.5. The lowest BCUT2D eigenvalue weighted by Crippen LogP contribution is -2.41. The van der Waals surface area contributed by atoms with Crippen molar-refractivity contribution >= 4 is 20.0 Å². The first-order chi connectivity index (χ1) is 10.6. The molecule has 0 fully saturated rings. The van der Waals surface area contributed by atoms with Gasteiger partial charge < -0.3 is 14.3 Å². The number of methoxy groups -OCH3 is 1. The van der Waals surface area contributed by atoms with E-state index >= 15 is 0 Å². The van der Waals surface area contributed by atoms with Gasteiger partial charge in [-0.2, -0.15) is 0 Å². The molecule has 0 saturated heterocycles. The SMILES string of the molecule is COC(=O)/C(CCO[Si](C)(C)C(C)(C)C)=C(/O)c1ccccc1. The minimum Gasteiger partial charge on any atom is -0.507 e. The quantitative estimate of drug-likeness (QED) is 0.358.